The average Bonchev–Trinajstić information content (AvgIpc) is 2.67. The average molecular weight is 468 g/mol. The molecule has 28 heavy (non-hydrogen) atoms. The molecular weight excluding hydrogens is 446 g/mol. The van der Waals surface area contributed by atoms with Gasteiger partial charge in [-0.1, -0.05) is 6.07 Å². The summed E-state index contributed by atoms with van der Waals surface area (Å²) in [7, 11) is -3.59. The first-order valence-electron chi connectivity index (χ1n) is 8.89. The summed E-state index contributed by atoms with van der Waals surface area (Å²) >= 11 is 3.29. The van der Waals surface area contributed by atoms with Gasteiger partial charge in [0.2, 0.25) is 15.9 Å². The molecule has 0 N–H and O–H groups in total. The van der Waals surface area contributed by atoms with Gasteiger partial charge >= 0.3 is 0 Å². The van der Waals surface area contributed by atoms with E-state index in [9.17, 15) is 18.0 Å². The van der Waals surface area contributed by atoms with Crippen molar-refractivity contribution in [1.29, 1.82) is 0 Å². The van der Waals surface area contributed by atoms with Gasteiger partial charge in [-0.15, -0.1) is 0 Å². The number of hydrogen-bond acceptors (Lipinski definition) is 4. The van der Waals surface area contributed by atoms with Crippen LogP contribution in [0.1, 0.15) is 11.1 Å². The minimum atomic E-state index is -3.59. The van der Waals surface area contributed by atoms with Crippen LogP contribution < -0.4 is 5.56 Å². The number of pyridine rings is 1. The Morgan fingerprint density at radius 1 is 1.04 bits per heavy atom. The molecule has 1 aromatic heterocycles. The number of amides is 1. The maximum absolute atomic E-state index is 12.9. The second-order valence-corrected chi connectivity index (χ2v) is 9.70. The molecule has 1 fully saturated rings. The summed E-state index contributed by atoms with van der Waals surface area (Å²) in [6.07, 6.45) is 1.57. The van der Waals surface area contributed by atoms with E-state index in [1.165, 1.54) is 14.9 Å². The molecule has 9 heteroatoms. The van der Waals surface area contributed by atoms with E-state index in [4.69, 9.17) is 0 Å². The number of hydrogen-bond donors (Lipinski definition) is 0. The van der Waals surface area contributed by atoms with Gasteiger partial charge in [0.1, 0.15) is 6.54 Å². The summed E-state index contributed by atoms with van der Waals surface area (Å²) in [5, 5.41) is 0. The summed E-state index contributed by atoms with van der Waals surface area (Å²) in [4.78, 5) is 26.3. The second-order valence-electron chi connectivity index (χ2n) is 6.84. The van der Waals surface area contributed by atoms with Gasteiger partial charge in [0.15, 0.2) is 0 Å². The summed E-state index contributed by atoms with van der Waals surface area (Å²) in [5.41, 5.74) is 1.71. The topological polar surface area (TPSA) is 79.7 Å². The van der Waals surface area contributed by atoms with Crippen molar-refractivity contribution < 1.29 is 13.2 Å². The van der Waals surface area contributed by atoms with Crippen molar-refractivity contribution in [1.82, 2.24) is 13.8 Å². The van der Waals surface area contributed by atoms with Crippen molar-refractivity contribution in [2.45, 2.75) is 25.3 Å². The summed E-state index contributed by atoms with van der Waals surface area (Å²) < 4.78 is 29.2. The minimum absolute atomic E-state index is 0.0673. The monoisotopic (exact) mass is 467 g/mol. The van der Waals surface area contributed by atoms with Gasteiger partial charge in [0.25, 0.3) is 5.56 Å². The number of carbonyl (C=O) groups excluding carboxylic acids is 1. The van der Waals surface area contributed by atoms with Crippen LogP contribution in [0.5, 0.6) is 0 Å². The smallest absolute Gasteiger partial charge is 0.251 e. The summed E-state index contributed by atoms with van der Waals surface area (Å²) in [6, 6.07) is 8.12. The molecule has 1 aromatic carbocycles. The van der Waals surface area contributed by atoms with Crippen molar-refractivity contribution in [2.24, 2.45) is 0 Å². The number of aromatic nitrogens is 1. The fourth-order valence-corrected chi connectivity index (χ4v) is 4.96. The molecule has 0 unspecified atom stereocenters. The maximum atomic E-state index is 12.9. The van der Waals surface area contributed by atoms with Crippen LogP contribution in [0.15, 0.2) is 50.7 Å². The van der Waals surface area contributed by atoms with Gasteiger partial charge in [-0.2, -0.15) is 4.31 Å². The van der Waals surface area contributed by atoms with Crippen LogP contribution in [0.3, 0.4) is 0 Å². The molecule has 0 atom stereocenters. The van der Waals surface area contributed by atoms with Gasteiger partial charge in [0, 0.05) is 42.9 Å². The minimum Gasteiger partial charge on any atom is -0.339 e. The van der Waals surface area contributed by atoms with Crippen LogP contribution in [0.4, 0.5) is 0 Å². The first-order chi connectivity index (χ1) is 13.2. The van der Waals surface area contributed by atoms with E-state index >= 15 is 0 Å². The predicted octanol–water partition coefficient (Wildman–Crippen LogP) is 1.76. The summed E-state index contributed by atoms with van der Waals surface area (Å²) in [6.45, 7) is 4.81. The zero-order valence-electron chi connectivity index (χ0n) is 15.8. The van der Waals surface area contributed by atoms with Crippen LogP contribution in [-0.2, 0) is 21.4 Å². The number of aryl methyl sites for hydroxylation is 2. The highest BCUT2D eigenvalue weighted by molar-refractivity contribution is 9.10. The van der Waals surface area contributed by atoms with E-state index in [0.717, 1.165) is 11.1 Å². The summed E-state index contributed by atoms with van der Waals surface area (Å²) in [5.74, 6) is -0.205. The van der Waals surface area contributed by atoms with Crippen LogP contribution in [0.2, 0.25) is 0 Å². The number of carbonyl (C=O) groups is 1. The van der Waals surface area contributed by atoms with Crippen LogP contribution in [-0.4, -0.2) is 54.3 Å². The van der Waals surface area contributed by atoms with E-state index in [0.29, 0.717) is 17.6 Å². The van der Waals surface area contributed by atoms with Gasteiger partial charge in [-0.3, -0.25) is 9.59 Å². The molecule has 0 radical (unpaired) electrons. The molecular formula is C19H22BrN3O4S. The lowest BCUT2D eigenvalue weighted by molar-refractivity contribution is -0.133. The molecule has 150 valence electrons. The molecule has 2 aromatic rings. The van der Waals surface area contributed by atoms with E-state index < -0.39 is 10.0 Å². The molecule has 1 saturated heterocycles. The van der Waals surface area contributed by atoms with Gasteiger partial charge in [-0.05, 0) is 59.1 Å². The van der Waals surface area contributed by atoms with Crippen molar-refractivity contribution in [2.75, 3.05) is 26.2 Å². The number of nitrogens with zero attached hydrogens (tertiary/aromatic N) is 3. The third kappa shape index (κ3) is 4.37. The lowest BCUT2D eigenvalue weighted by Gasteiger charge is -2.34. The Labute approximate surface area is 172 Å². The highest BCUT2D eigenvalue weighted by Gasteiger charge is 2.30. The standard InChI is InChI=1S/C19H22BrN3O4S/c1-14-3-5-17(11-15(14)2)28(26,27)23-9-7-21(8-10-23)19(25)13-22-12-16(20)4-6-18(22)24/h3-6,11-12H,7-10,13H2,1-2H3. The number of benzene rings is 1. The number of sulfonamides is 1. The van der Waals surface area contributed by atoms with Crippen molar-refractivity contribution in [3.63, 3.8) is 0 Å². The molecule has 2 heterocycles. The quantitative estimate of drug-likeness (QED) is 0.685. The first kappa shape index (κ1) is 20.8. The molecule has 7 nitrogen and oxygen atoms in total. The van der Waals surface area contributed by atoms with Gasteiger partial charge < -0.3 is 9.47 Å². The van der Waals surface area contributed by atoms with Gasteiger partial charge in [-0.25, -0.2) is 8.42 Å². The zero-order valence-corrected chi connectivity index (χ0v) is 18.2. The first-order valence-corrected chi connectivity index (χ1v) is 11.1. The lowest BCUT2D eigenvalue weighted by atomic mass is 10.1. The fraction of sp³-hybridized carbons (Fsp3) is 0.368. The zero-order chi connectivity index (χ0) is 20.5. The Morgan fingerprint density at radius 3 is 2.36 bits per heavy atom. The van der Waals surface area contributed by atoms with Gasteiger partial charge in [0.05, 0.1) is 4.90 Å². The molecule has 0 saturated carbocycles. The van der Waals surface area contributed by atoms with E-state index in [-0.39, 0.29) is 36.0 Å². The van der Waals surface area contributed by atoms with E-state index in [2.05, 4.69) is 15.9 Å². The largest absolute Gasteiger partial charge is 0.339 e. The molecule has 1 aliphatic rings. The SMILES string of the molecule is Cc1ccc(S(=O)(=O)N2CCN(C(=O)Cn3cc(Br)ccc3=O)CC2)cc1C. The Morgan fingerprint density at radius 2 is 1.71 bits per heavy atom. The Kier molecular flexibility index (Phi) is 6.07. The highest BCUT2D eigenvalue weighted by atomic mass is 79.9. The third-order valence-corrected chi connectivity index (χ3v) is 7.32. The number of piperazine rings is 1. The molecule has 0 spiro atoms. The number of halogens is 1. The molecule has 1 amide bonds. The lowest BCUT2D eigenvalue weighted by Crippen LogP contribution is -2.51. The Bertz CT molecular complexity index is 1060. The van der Waals surface area contributed by atoms with E-state index in [1.54, 1.807) is 35.4 Å². The second kappa shape index (κ2) is 8.18. The van der Waals surface area contributed by atoms with Crippen LogP contribution >= 0.6 is 15.9 Å². The van der Waals surface area contributed by atoms with Crippen LogP contribution in [0, 0.1) is 13.8 Å². The van der Waals surface area contributed by atoms with Crippen LogP contribution in [0.25, 0.3) is 0 Å². The van der Waals surface area contributed by atoms with Crippen molar-refractivity contribution in [3.05, 3.63) is 62.5 Å². The molecule has 1 aliphatic heterocycles. The Hall–Kier alpha value is -1.97. The molecule has 3 rings (SSSR count). The fourth-order valence-electron chi connectivity index (χ4n) is 3.07. The van der Waals surface area contributed by atoms with Crippen molar-refractivity contribution >= 4 is 31.9 Å². The van der Waals surface area contributed by atoms with Crippen molar-refractivity contribution in [3.8, 4) is 0 Å². The molecule has 0 aliphatic carbocycles. The third-order valence-electron chi connectivity index (χ3n) is 4.96. The van der Waals surface area contributed by atoms with E-state index in [1.807, 2.05) is 13.8 Å². The predicted molar refractivity (Wildman–Crippen MR) is 110 cm³/mol. The maximum Gasteiger partial charge on any atom is 0.251 e. The number of rotatable bonds is 4. The Balaban J connectivity index is 1.66. The molecule has 0 bridgehead atoms. The highest BCUT2D eigenvalue weighted by Crippen LogP contribution is 2.20. The normalized spacial score (nSPS) is 15.6.